The van der Waals surface area contributed by atoms with Crippen molar-refractivity contribution in [2.24, 2.45) is 0 Å². The molecule has 0 fully saturated rings. The summed E-state index contributed by atoms with van der Waals surface area (Å²) in [6, 6.07) is 10.9. The van der Waals surface area contributed by atoms with E-state index in [9.17, 15) is 4.79 Å². The van der Waals surface area contributed by atoms with Gasteiger partial charge in [-0.2, -0.15) is 0 Å². The molecule has 0 bridgehead atoms. The molecule has 2 rings (SSSR count). The fourth-order valence-corrected chi connectivity index (χ4v) is 2.47. The van der Waals surface area contributed by atoms with E-state index in [-0.39, 0.29) is 0 Å². The van der Waals surface area contributed by atoms with E-state index in [1.54, 1.807) is 19.2 Å². The van der Waals surface area contributed by atoms with Gasteiger partial charge in [0.15, 0.2) is 0 Å². The number of ether oxygens (including phenoxy) is 2. The van der Waals surface area contributed by atoms with Crippen LogP contribution < -0.4 is 9.47 Å². The molecular formula is C16H14Cl2O3. The second-order valence-electron chi connectivity index (χ2n) is 4.50. The molecule has 2 aromatic carbocycles. The first-order valence-electron chi connectivity index (χ1n) is 6.29. The molecule has 21 heavy (non-hydrogen) atoms. The molecule has 3 nitrogen and oxygen atoms in total. The summed E-state index contributed by atoms with van der Waals surface area (Å²) >= 11 is 12.2. The zero-order chi connectivity index (χ0) is 15.4. The summed E-state index contributed by atoms with van der Waals surface area (Å²) in [6.45, 7) is 1.34. The highest BCUT2D eigenvalue weighted by atomic mass is 35.5. The molecule has 0 atom stereocenters. The van der Waals surface area contributed by atoms with E-state index in [1.807, 2.05) is 24.3 Å². The van der Waals surface area contributed by atoms with Gasteiger partial charge in [-0.25, -0.2) is 0 Å². The molecule has 0 spiro atoms. The van der Waals surface area contributed by atoms with E-state index in [0.717, 1.165) is 11.1 Å². The number of halogens is 2. The van der Waals surface area contributed by atoms with E-state index < -0.39 is 5.97 Å². The smallest absolute Gasteiger partial charge is 0.308 e. The van der Waals surface area contributed by atoms with Crippen LogP contribution in [0.25, 0.3) is 0 Å². The SMILES string of the molecule is COc1ccc(Cc2ccc(OC(C)=O)c(Cl)c2)cc1Cl. The number of hydrogen-bond acceptors (Lipinski definition) is 3. The van der Waals surface area contributed by atoms with Crippen LogP contribution in [0.15, 0.2) is 36.4 Å². The molecule has 0 aliphatic heterocycles. The van der Waals surface area contributed by atoms with Crippen molar-refractivity contribution in [3.63, 3.8) is 0 Å². The van der Waals surface area contributed by atoms with E-state index in [0.29, 0.717) is 28.0 Å². The Morgan fingerprint density at radius 1 is 1.00 bits per heavy atom. The molecule has 0 aromatic heterocycles. The van der Waals surface area contributed by atoms with E-state index in [1.165, 1.54) is 6.92 Å². The molecule has 0 aliphatic rings. The summed E-state index contributed by atoms with van der Waals surface area (Å²) in [4.78, 5) is 10.9. The summed E-state index contributed by atoms with van der Waals surface area (Å²) in [5.41, 5.74) is 2.04. The Bertz CT molecular complexity index is 669. The van der Waals surface area contributed by atoms with Gasteiger partial charge in [-0.05, 0) is 41.8 Å². The van der Waals surface area contributed by atoms with Crippen molar-refractivity contribution in [2.75, 3.05) is 7.11 Å². The molecule has 2 aromatic rings. The van der Waals surface area contributed by atoms with Gasteiger partial charge in [0, 0.05) is 6.92 Å². The van der Waals surface area contributed by atoms with Crippen LogP contribution in [0.2, 0.25) is 10.0 Å². The standard InChI is InChI=1S/C16H14Cl2O3/c1-10(19)21-16-6-4-12(9-14(16)18)7-11-3-5-15(20-2)13(17)8-11/h3-6,8-9H,7H2,1-2H3. The number of esters is 1. The second-order valence-corrected chi connectivity index (χ2v) is 5.32. The molecule has 0 saturated carbocycles. The summed E-state index contributed by atoms with van der Waals surface area (Å²) in [7, 11) is 1.58. The predicted octanol–water partition coefficient (Wildman–Crippen LogP) is 4.52. The van der Waals surface area contributed by atoms with Crippen LogP contribution >= 0.6 is 23.2 Å². The minimum atomic E-state index is -0.397. The fraction of sp³-hybridized carbons (Fsp3) is 0.188. The molecule has 0 aliphatic carbocycles. The lowest BCUT2D eigenvalue weighted by molar-refractivity contribution is -0.131. The zero-order valence-electron chi connectivity index (χ0n) is 11.7. The molecule has 0 amide bonds. The minimum Gasteiger partial charge on any atom is -0.495 e. The molecule has 5 heteroatoms. The van der Waals surface area contributed by atoms with Crippen molar-refractivity contribution in [2.45, 2.75) is 13.3 Å². The van der Waals surface area contributed by atoms with Crippen molar-refractivity contribution in [3.05, 3.63) is 57.6 Å². The first kappa shape index (κ1) is 15.7. The van der Waals surface area contributed by atoms with Crippen molar-refractivity contribution in [1.29, 1.82) is 0 Å². The van der Waals surface area contributed by atoms with Gasteiger partial charge >= 0.3 is 5.97 Å². The first-order valence-corrected chi connectivity index (χ1v) is 7.04. The van der Waals surface area contributed by atoms with Crippen LogP contribution in [0.3, 0.4) is 0 Å². The van der Waals surface area contributed by atoms with Crippen LogP contribution in [-0.4, -0.2) is 13.1 Å². The normalized spacial score (nSPS) is 10.3. The molecule has 0 heterocycles. The fourth-order valence-electron chi connectivity index (χ4n) is 1.95. The average Bonchev–Trinajstić information content (AvgIpc) is 2.42. The minimum absolute atomic E-state index is 0.362. The third kappa shape index (κ3) is 4.13. The molecule has 0 N–H and O–H groups in total. The van der Waals surface area contributed by atoms with Gasteiger partial charge in [0.05, 0.1) is 17.2 Å². The lowest BCUT2D eigenvalue weighted by atomic mass is 10.0. The Hall–Kier alpha value is -1.71. The Balaban J connectivity index is 2.18. The maximum absolute atomic E-state index is 10.9. The number of carbonyl (C=O) groups is 1. The Kier molecular flexibility index (Phi) is 5.10. The zero-order valence-corrected chi connectivity index (χ0v) is 13.2. The number of rotatable bonds is 4. The highest BCUT2D eigenvalue weighted by Crippen LogP contribution is 2.29. The quantitative estimate of drug-likeness (QED) is 0.612. The van der Waals surface area contributed by atoms with Crippen LogP contribution in [0, 0.1) is 0 Å². The van der Waals surface area contributed by atoms with Crippen molar-refractivity contribution in [1.82, 2.24) is 0 Å². The van der Waals surface area contributed by atoms with Gasteiger partial charge in [-0.15, -0.1) is 0 Å². The van der Waals surface area contributed by atoms with Crippen LogP contribution in [0.4, 0.5) is 0 Å². The molecule has 0 unspecified atom stereocenters. The molecule has 0 saturated heterocycles. The van der Waals surface area contributed by atoms with Crippen LogP contribution in [0.1, 0.15) is 18.1 Å². The van der Waals surface area contributed by atoms with Crippen molar-refractivity contribution >= 4 is 29.2 Å². The number of methoxy groups -OCH3 is 1. The lowest BCUT2D eigenvalue weighted by Gasteiger charge is -2.08. The number of benzene rings is 2. The van der Waals surface area contributed by atoms with Crippen LogP contribution in [-0.2, 0) is 11.2 Å². The second kappa shape index (κ2) is 6.83. The van der Waals surface area contributed by atoms with Gasteiger partial charge in [-0.1, -0.05) is 35.3 Å². The molecule has 110 valence electrons. The first-order chi connectivity index (χ1) is 9.99. The van der Waals surface area contributed by atoms with Crippen molar-refractivity contribution < 1.29 is 14.3 Å². The largest absolute Gasteiger partial charge is 0.495 e. The Morgan fingerprint density at radius 3 is 1.95 bits per heavy atom. The Labute approximate surface area is 133 Å². The van der Waals surface area contributed by atoms with Gasteiger partial charge < -0.3 is 9.47 Å². The number of carbonyl (C=O) groups excluding carboxylic acids is 1. The average molecular weight is 325 g/mol. The van der Waals surface area contributed by atoms with Gasteiger partial charge in [0.2, 0.25) is 0 Å². The molecule has 0 radical (unpaired) electrons. The van der Waals surface area contributed by atoms with Crippen LogP contribution in [0.5, 0.6) is 11.5 Å². The Morgan fingerprint density at radius 2 is 1.52 bits per heavy atom. The van der Waals surface area contributed by atoms with E-state index in [4.69, 9.17) is 32.7 Å². The summed E-state index contributed by atoms with van der Waals surface area (Å²) in [6.07, 6.45) is 0.670. The third-order valence-electron chi connectivity index (χ3n) is 2.87. The summed E-state index contributed by atoms with van der Waals surface area (Å²) in [5, 5.41) is 0.972. The van der Waals surface area contributed by atoms with Gasteiger partial charge in [0.1, 0.15) is 11.5 Å². The summed E-state index contributed by atoms with van der Waals surface area (Å²) < 4.78 is 10.1. The topological polar surface area (TPSA) is 35.5 Å². The van der Waals surface area contributed by atoms with E-state index in [2.05, 4.69) is 0 Å². The lowest BCUT2D eigenvalue weighted by Crippen LogP contribution is -2.02. The third-order valence-corrected chi connectivity index (χ3v) is 3.47. The summed E-state index contributed by atoms with van der Waals surface area (Å²) in [5.74, 6) is 0.607. The monoisotopic (exact) mass is 324 g/mol. The van der Waals surface area contributed by atoms with Crippen molar-refractivity contribution in [3.8, 4) is 11.5 Å². The number of hydrogen-bond donors (Lipinski definition) is 0. The molecular weight excluding hydrogens is 311 g/mol. The van der Waals surface area contributed by atoms with E-state index >= 15 is 0 Å². The van der Waals surface area contributed by atoms with Gasteiger partial charge in [-0.3, -0.25) is 4.79 Å². The van der Waals surface area contributed by atoms with Gasteiger partial charge in [0.25, 0.3) is 0 Å². The maximum atomic E-state index is 10.9. The highest BCUT2D eigenvalue weighted by molar-refractivity contribution is 6.32. The predicted molar refractivity (Wildman–Crippen MR) is 83.6 cm³/mol. The maximum Gasteiger partial charge on any atom is 0.308 e. The highest BCUT2D eigenvalue weighted by Gasteiger charge is 2.07.